The molecule has 12 saturated carbocycles. The molecule has 21 rings (SSSR count). The number of nitrogens with one attached hydrogen (secondary N) is 2. The summed E-state index contributed by atoms with van der Waals surface area (Å²) >= 11 is 40.1. The molecule has 1 aromatic carbocycles. The molecule has 0 aliphatic heterocycles. The summed E-state index contributed by atoms with van der Waals surface area (Å²) in [5.41, 5.74) is 8.33. The van der Waals surface area contributed by atoms with Gasteiger partial charge in [0.15, 0.2) is 17.3 Å². The minimum Gasteiger partial charge on any atom is -0.481 e. The van der Waals surface area contributed by atoms with Gasteiger partial charge in [-0.05, 0) is 274 Å². The first kappa shape index (κ1) is 87.9. The van der Waals surface area contributed by atoms with Gasteiger partial charge >= 0.3 is 23.9 Å². The Morgan fingerprint density at radius 1 is 0.522 bits per heavy atom. The topological polar surface area (TPSA) is 390 Å². The minimum absolute atomic E-state index is 0. The van der Waals surface area contributed by atoms with Gasteiger partial charge in [-0.2, -0.15) is 39.9 Å². The van der Waals surface area contributed by atoms with Crippen LogP contribution in [0.2, 0.25) is 37.0 Å². The molecule has 12 aliphatic rings. The average Bonchev–Trinajstić information content (AvgIpc) is 1.40. The Labute approximate surface area is 698 Å². The fourth-order valence-electron chi connectivity index (χ4n) is 18.6. The number of nitrogens with two attached hydrogens (primary N) is 1. The second-order valence-electron chi connectivity index (χ2n) is 29.7. The summed E-state index contributed by atoms with van der Waals surface area (Å²) in [5.74, 6) is 1.49. The number of benzene rings is 1. The van der Waals surface area contributed by atoms with Gasteiger partial charge in [-0.15, -0.1) is 0 Å². The van der Waals surface area contributed by atoms with E-state index >= 15 is 0 Å². The molecular weight excluding hydrogens is 1660 g/mol. The Bertz CT molecular complexity index is 5000. The second kappa shape index (κ2) is 38.7. The first-order valence-corrected chi connectivity index (χ1v) is 41.9. The highest BCUT2D eigenvalue weighted by Gasteiger charge is 2.51. The number of esters is 3. The lowest BCUT2D eigenvalue weighted by atomic mass is 9.57. The Kier molecular flexibility index (Phi) is 29.6. The molecule has 115 heavy (non-hydrogen) atoms. The monoisotopic (exact) mass is 1740 g/mol. The number of aliphatic carboxylic acids is 1. The molecule has 12 fully saturated rings. The number of carboxylic acids is 1. The van der Waals surface area contributed by atoms with Crippen LogP contribution in [0.1, 0.15) is 141 Å². The molecule has 28 nitrogen and oxygen atoms in total. The predicted octanol–water partition coefficient (Wildman–Crippen LogP) is 15.9. The largest absolute Gasteiger partial charge is 0.481 e. The van der Waals surface area contributed by atoms with Gasteiger partial charge in [0.1, 0.15) is 28.9 Å². The number of aromatic nitrogens is 16. The van der Waals surface area contributed by atoms with Crippen molar-refractivity contribution in [3.05, 3.63) is 127 Å². The van der Waals surface area contributed by atoms with E-state index in [0.717, 1.165) is 112 Å². The van der Waals surface area contributed by atoms with Crippen LogP contribution < -0.4 is 11.1 Å². The third-order valence-corrected chi connectivity index (χ3v) is 26.5. The minimum atomic E-state index is -4.07. The Morgan fingerprint density at radius 3 is 1.42 bits per heavy atom. The number of pyridine rings is 2. The van der Waals surface area contributed by atoms with Crippen molar-refractivity contribution in [2.45, 2.75) is 161 Å². The van der Waals surface area contributed by atoms with Crippen molar-refractivity contribution < 1.29 is 55.7 Å². The van der Waals surface area contributed by atoms with Gasteiger partial charge in [0, 0.05) is 59.2 Å². The van der Waals surface area contributed by atoms with E-state index < -0.39 is 27.6 Å². The van der Waals surface area contributed by atoms with Crippen LogP contribution in [0.25, 0.3) is 44.8 Å². The van der Waals surface area contributed by atoms with Crippen LogP contribution in [0.3, 0.4) is 0 Å². The summed E-state index contributed by atoms with van der Waals surface area (Å²) in [7, 11) is 0.220. The Morgan fingerprint density at radius 2 is 0.922 bits per heavy atom. The molecule has 0 radical (unpaired) electrons. The molecule has 12 aliphatic carbocycles. The SMILES string of the molecule is C.CC.COC(=O)[C@H]1C2CCC(CC2)[C@@H]1Cc1nc(Cl)nc(-c2cn(S(=O)(=O)c3ccc(C)cc3)c3ncc(F)cc23)n1.COC(=O)[C@H]1C2CCC(CC2)[C@@H]1N.COC(=O)[C@H]1C2CCC(CC2)[C@@H]1Nc1nc(Cl)nc(Cl)n1.Clc1nc(Cl)nc(Cl)n1.O=C(O)[C@H]1C2CCC(CC2)[C@@H]1Cc1nc(Cl)nc(-c2c[nH]c3ncc(F)cc23)n1. The fourth-order valence-corrected chi connectivity index (χ4v) is 21.3. The number of aromatic amines is 1. The molecule has 9 aromatic rings. The van der Waals surface area contributed by atoms with E-state index in [4.69, 9.17) is 101 Å². The standard InChI is InChI=1S/C28H27ClFN5O4S.C20H19ClFN5O2.C13H16Cl2N4O2.C10H17NO2.C3Cl3N3.C2H6.CH4/c1-15-3-9-19(10-4-15)40(37,38)35-14-22(21-11-18(30)13-31-26(21)35)25-32-23(33-28(29)34-25)12-20-16-5-7-17(8-6-16)24(20)27(36)39-2;21-20-26-15(6-12-9-1-3-10(4-2-9)16(12)19(28)29)25-18(27-20)14-8-24-17-13(14)5-11(22)7-23-17;1-21-10(20)8-6-2-4-7(5-3-6)9(8)16-13-18-11(14)17-12(15)19-13;1-13-10(12)8-6-2-4-7(5-3-6)9(8)11;4-1-7-2(5)9-3(6)8-1;1-2;/h3-4,9-11,13-14,16-17,20,24H,5-8,12H2,1-2H3;5,7-10,12,16H,1-4,6H2,(H,23,24)(H,28,29);6-9H,2-5H2,1H3,(H,16,17,18,19);6-9H,2-5,11H2,1H3;;1-2H3;1H4/t16?,17?,20-,24-;9?,10?,12-,16-;2*6?,7?,8-,9-;;;/m0000.../s1. The number of anilines is 1. The molecule has 8 atom stereocenters. The highest BCUT2D eigenvalue weighted by molar-refractivity contribution is 7.90. The number of carbonyl (C=O) groups excluding carboxylic acids is 3. The zero-order valence-corrected chi connectivity index (χ0v) is 69.1. The van der Waals surface area contributed by atoms with Gasteiger partial charge in [0.2, 0.25) is 42.9 Å². The molecule has 0 spiro atoms. The maximum Gasteiger partial charge on any atom is 0.311 e. The van der Waals surface area contributed by atoms with E-state index in [2.05, 4.69) is 80.1 Å². The molecule has 0 saturated heterocycles. The van der Waals surface area contributed by atoms with Crippen molar-refractivity contribution in [2.75, 3.05) is 26.6 Å². The van der Waals surface area contributed by atoms with Crippen LogP contribution in [0.15, 0.2) is 66.1 Å². The first-order valence-electron chi connectivity index (χ1n) is 37.9. The highest BCUT2D eigenvalue weighted by atomic mass is 35.5. The van der Waals surface area contributed by atoms with E-state index in [9.17, 15) is 41.5 Å². The van der Waals surface area contributed by atoms with E-state index in [1.807, 2.05) is 20.8 Å². The lowest BCUT2D eigenvalue weighted by molar-refractivity contribution is -0.156. The van der Waals surface area contributed by atoms with Crippen LogP contribution in [-0.4, -0.2) is 150 Å². The zero-order valence-electron chi connectivity index (χ0n) is 63.0. The van der Waals surface area contributed by atoms with Crippen molar-refractivity contribution in [3.8, 4) is 22.8 Å². The van der Waals surface area contributed by atoms with Gasteiger partial charge in [-0.25, -0.2) is 51.1 Å². The number of aryl methyl sites for hydroxylation is 1. The molecule has 8 aromatic heterocycles. The van der Waals surface area contributed by atoms with Gasteiger partial charge < -0.3 is 35.4 Å². The van der Waals surface area contributed by atoms with E-state index in [1.165, 1.54) is 64.6 Å². The molecule has 616 valence electrons. The number of fused-ring (bicyclic) bond motifs is 14. The quantitative estimate of drug-likeness (QED) is 0.0580. The summed E-state index contributed by atoms with van der Waals surface area (Å²) in [6.07, 6.45) is 23.1. The number of hydrogen-bond donors (Lipinski definition) is 4. The molecule has 0 amide bonds. The summed E-state index contributed by atoms with van der Waals surface area (Å²) in [6, 6.07) is 8.99. The van der Waals surface area contributed by atoms with Crippen molar-refractivity contribution in [1.82, 2.24) is 78.7 Å². The zero-order chi connectivity index (χ0) is 81.6. The van der Waals surface area contributed by atoms with Gasteiger partial charge in [0.25, 0.3) is 10.0 Å². The molecule has 5 N–H and O–H groups in total. The lowest BCUT2D eigenvalue weighted by Gasteiger charge is -2.47. The third kappa shape index (κ3) is 20.1. The summed E-state index contributed by atoms with van der Waals surface area (Å²) in [5, 5.41) is 13.8. The summed E-state index contributed by atoms with van der Waals surface area (Å²) in [4.78, 5) is 108. The first-order chi connectivity index (χ1) is 54.6. The summed E-state index contributed by atoms with van der Waals surface area (Å²) in [6.45, 7) is 5.86. The number of hydrogen-bond acceptors (Lipinski definition) is 25. The number of methoxy groups -OCH3 is 3. The van der Waals surface area contributed by atoms with Crippen molar-refractivity contribution in [2.24, 2.45) is 88.6 Å². The van der Waals surface area contributed by atoms with Crippen molar-refractivity contribution >= 4 is 143 Å². The number of nitrogens with zero attached hydrogens (tertiary/aromatic N) is 15. The summed E-state index contributed by atoms with van der Waals surface area (Å²) < 4.78 is 71.1. The smallest absolute Gasteiger partial charge is 0.311 e. The van der Waals surface area contributed by atoms with Crippen LogP contribution in [0, 0.1) is 101 Å². The molecule has 38 heteroatoms. The second-order valence-corrected chi connectivity index (χ2v) is 33.8. The Balaban J connectivity index is 0.000000152. The van der Waals surface area contributed by atoms with Crippen LogP contribution in [-0.2, 0) is 56.3 Å². The number of rotatable bonds is 14. The van der Waals surface area contributed by atoms with Crippen molar-refractivity contribution in [1.29, 1.82) is 0 Å². The number of H-pyrrole nitrogens is 1. The fraction of sp³-hybridized carbons (Fsp3) is 0.532. The van der Waals surface area contributed by atoms with Gasteiger partial charge in [0.05, 0.1) is 62.3 Å². The average molecular weight is 1740 g/mol. The van der Waals surface area contributed by atoms with Crippen LogP contribution >= 0.6 is 81.2 Å². The molecule has 0 unspecified atom stereocenters. The number of ether oxygens (including phenoxy) is 3. The maximum atomic E-state index is 14.4. The molecular formula is C77H89Cl7F2N18O10S. The maximum absolute atomic E-state index is 14.4. The van der Waals surface area contributed by atoms with Gasteiger partial charge in [-0.1, -0.05) is 39.0 Å². The molecule has 8 heterocycles. The van der Waals surface area contributed by atoms with Crippen LogP contribution in [0.4, 0.5) is 14.7 Å². The van der Waals surface area contributed by atoms with E-state index in [1.54, 1.807) is 18.3 Å². The van der Waals surface area contributed by atoms with Crippen molar-refractivity contribution in [3.63, 3.8) is 0 Å². The number of carbonyl (C=O) groups is 4. The normalized spacial score (nSPS) is 25.8. The third-order valence-electron chi connectivity index (χ3n) is 23.7. The number of halogens is 9. The number of carboxylic acid groups (broad SMARTS) is 1. The van der Waals surface area contributed by atoms with Crippen LogP contribution in [0.5, 0.6) is 0 Å². The van der Waals surface area contributed by atoms with E-state index in [-0.39, 0.29) is 149 Å². The molecule has 8 bridgehead atoms. The lowest BCUT2D eigenvalue weighted by Crippen LogP contribution is -2.52. The van der Waals surface area contributed by atoms with Gasteiger partial charge in [-0.3, -0.25) is 19.2 Å². The van der Waals surface area contributed by atoms with E-state index in [0.29, 0.717) is 88.4 Å². The Hall–Kier alpha value is -7.88. The predicted molar refractivity (Wildman–Crippen MR) is 429 cm³/mol. The highest BCUT2D eigenvalue weighted by Crippen LogP contribution is 2.53.